The minimum absolute atomic E-state index is 0.0862. The lowest BCUT2D eigenvalue weighted by Gasteiger charge is -2.22. The Bertz CT molecular complexity index is 875. The van der Waals surface area contributed by atoms with Gasteiger partial charge in [0.25, 0.3) is 0 Å². The van der Waals surface area contributed by atoms with E-state index in [0.717, 1.165) is 12.8 Å². The summed E-state index contributed by atoms with van der Waals surface area (Å²) in [5.74, 6) is 0.570. The van der Waals surface area contributed by atoms with Gasteiger partial charge in [0.15, 0.2) is 12.4 Å². The monoisotopic (exact) mass is 439 g/mol. The summed E-state index contributed by atoms with van der Waals surface area (Å²) in [6.45, 7) is 1.72. The second-order valence-corrected chi connectivity index (χ2v) is 7.41. The molecule has 0 bridgehead atoms. The van der Waals surface area contributed by atoms with Crippen LogP contribution in [0.25, 0.3) is 11.4 Å². The van der Waals surface area contributed by atoms with Crippen LogP contribution in [-0.4, -0.2) is 40.2 Å². The lowest BCUT2D eigenvalue weighted by molar-refractivity contribution is -0.145. The third kappa shape index (κ3) is 5.61. The maximum atomic E-state index is 11.5. The second kappa shape index (κ2) is 9.93. The number of halogens is 2. The maximum absolute atomic E-state index is 11.5. The van der Waals surface area contributed by atoms with Gasteiger partial charge in [-0.25, -0.2) is 4.79 Å². The van der Waals surface area contributed by atoms with Crippen LogP contribution in [0.1, 0.15) is 39.0 Å². The lowest BCUT2D eigenvalue weighted by atomic mass is 9.96. The summed E-state index contributed by atoms with van der Waals surface area (Å²) in [5, 5.41) is 3.67. The van der Waals surface area contributed by atoms with E-state index in [1.54, 1.807) is 19.1 Å². The Morgan fingerprint density at radius 1 is 1.17 bits per heavy atom. The van der Waals surface area contributed by atoms with Gasteiger partial charge in [-0.05, 0) is 31.9 Å². The summed E-state index contributed by atoms with van der Waals surface area (Å²) in [5.41, 5.74) is 6.36. The van der Waals surface area contributed by atoms with E-state index in [-0.39, 0.29) is 35.0 Å². The Morgan fingerprint density at radius 3 is 2.66 bits per heavy atom. The number of esters is 1. The van der Waals surface area contributed by atoms with Crippen molar-refractivity contribution in [3.05, 3.63) is 22.2 Å². The topological polar surface area (TPSA) is 112 Å². The SMILES string of the molecule is CCOC(=O)COc1ccc(-c2nc(N)nc(NC3CCCCC3)n2)c(Cl)c1Cl. The number of ether oxygens (including phenoxy) is 2. The van der Waals surface area contributed by atoms with Crippen molar-refractivity contribution in [3.8, 4) is 17.1 Å². The van der Waals surface area contributed by atoms with Crippen molar-refractivity contribution in [1.82, 2.24) is 15.0 Å². The molecular weight excluding hydrogens is 417 g/mol. The zero-order valence-corrected chi connectivity index (χ0v) is 17.6. The highest BCUT2D eigenvalue weighted by atomic mass is 35.5. The number of nitrogen functional groups attached to an aromatic ring is 1. The molecule has 1 aliphatic rings. The van der Waals surface area contributed by atoms with Crippen LogP contribution >= 0.6 is 23.2 Å². The molecular formula is C19H23Cl2N5O3. The molecule has 0 atom stereocenters. The number of hydrogen-bond acceptors (Lipinski definition) is 8. The molecule has 0 amide bonds. The molecule has 10 heteroatoms. The van der Waals surface area contributed by atoms with Crippen molar-refractivity contribution in [1.29, 1.82) is 0 Å². The van der Waals surface area contributed by atoms with Gasteiger partial charge in [0, 0.05) is 11.6 Å². The molecule has 3 rings (SSSR count). The number of nitrogens with zero attached hydrogens (tertiary/aromatic N) is 3. The standard InChI is InChI=1S/C19H23Cl2N5O3/c1-2-28-14(27)10-29-13-9-8-12(15(20)16(13)21)17-24-18(22)26-19(25-17)23-11-6-4-3-5-7-11/h8-9,11H,2-7,10H2,1H3,(H3,22,23,24,25,26). The number of nitrogens with one attached hydrogen (secondary N) is 1. The summed E-state index contributed by atoms with van der Waals surface area (Å²) in [6, 6.07) is 3.57. The number of hydrogen-bond donors (Lipinski definition) is 2. The Kier molecular flexibility index (Phi) is 7.33. The highest BCUT2D eigenvalue weighted by Gasteiger charge is 2.19. The molecule has 1 saturated carbocycles. The highest BCUT2D eigenvalue weighted by molar-refractivity contribution is 6.44. The molecule has 1 aromatic heterocycles. The van der Waals surface area contributed by atoms with Gasteiger partial charge in [-0.3, -0.25) is 0 Å². The Morgan fingerprint density at radius 2 is 1.93 bits per heavy atom. The molecule has 1 heterocycles. The number of carbonyl (C=O) groups is 1. The van der Waals surface area contributed by atoms with Crippen LogP contribution < -0.4 is 15.8 Å². The van der Waals surface area contributed by atoms with Crippen molar-refractivity contribution >= 4 is 41.1 Å². The van der Waals surface area contributed by atoms with Crippen LogP contribution in [0.3, 0.4) is 0 Å². The van der Waals surface area contributed by atoms with Gasteiger partial charge in [-0.1, -0.05) is 42.5 Å². The summed E-state index contributed by atoms with van der Waals surface area (Å²) in [6.07, 6.45) is 5.75. The fourth-order valence-corrected chi connectivity index (χ4v) is 3.62. The predicted molar refractivity (Wildman–Crippen MR) is 112 cm³/mol. The average Bonchev–Trinajstić information content (AvgIpc) is 2.69. The Hall–Kier alpha value is -2.32. The fraction of sp³-hybridized carbons (Fsp3) is 0.474. The van der Waals surface area contributed by atoms with Crippen molar-refractivity contribution < 1.29 is 14.3 Å². The second-order valence-electron chi connectivity index (χ2n) is 6.65. The largest absolute Gasteiger partial charge is 0.480 e. The van der Waals surface area contributed by atoms with Gasteiger partial charge < -0.3 is 20.5 Å². The molecule has 1 fully saturated rings. The quantitative estimate of drug-likeness (QED) is 0.619. The Labute approximate surface area is 179 Å². The lowest BCUT2D eigenvalue weighted by Crippen LogP contribution is -2.24. The summed E-state index contributed by atoms with van der Waals surface area (Å²) >= 11 is 12.7. The van der Waals surface area contributed by atoms with Crippen LogP contribution in [-0.2, 0) is 9.53 Å². The van der Waals surface area contributed by atoms with Gasteiger partial charge in [0.05, 0.1) is 11.6 Å². The molecule has 1 aromatic carbocycles. The number of benzene rings is 1. The fourth-order valence-electron chi connectivity index (χ4n) is 3.16. The van der Waals surface area contributed by atoms with Gasteiger partial charge in [-0.2, -0.15) is 15.0 Å². The van der Waals surface area contributed by atoms with Gasteiger partial charge in [-0.15, -0.1) is 0 Å². The first-order chi connectivity index (χ1) is 14.0. The van der Waals surface area contributed by atoms with Crippen molar-refractivity contribution in [2.24, 2.45) is 0 Å². The first kappa shape index (κ1) is 21.4. The zero-order chi connectivity index (χ0) is 20.8. The Balaban J connectivity index is 1.80. The molecule has 29 heavy (non-hydrogen) atoms. The van der Waals surface area contributed by atoms with Crippen LogP contribution in [0.15, 0.2) is 12.1 Å². The number of anilines is 2. The van der Waals surface area contributed by atoms with E-state index in [9.17, 15) is 4.79 Å². The molecule has 3 N–H and O–H groups in total. The molecule has 156 valence electrons. The van der Waals surface area contributed by atoms with E-state index < -0.39 is 5.97 Å². The first-order valence-corrected chi connectivity index (χ1v) is 10.3. The molecule has 2 aromatic rings. The van der Waals surface area contributed by atoms with Crippen LogP contribution in [0.2, 0.25) is 10.0 Å². The number of carbonyl (C=O) groups excluding carboxylic acids is 1. The van der Waals surface area contributed by atoms with Crippen LogP contribution in [0, 0.1) is 0 Å². The van der Waals surface area contributed by atoms with Crippen LogP contribution in [0.5, 0.6) is 5.75 Å². The average molecular weight is 440 g/mol. The normalized spacial score (nSPS) is 14.4. The van der Waals surface area contributed by atoms with E-state index in [4.69, 9.17) is 38.4 Å². The third-order valence-corrected chi connectivity index (χ3v) is 5.39. The number of aromatic nitrogens is 3. The smallest absolute Gasteiger partial charge is 0.344 e. The van der Waals surface area contributed by atoms with Crippen molar-refractivity contribution in [2.45, 2.75) is 45.1 Å². The van der Waals surface area contributed by atoms with Gasteiger partial charge in [0.1, 0.15) is 10.8 Å². The summed E-state index contributed by atoms with van der Waals surface area (Å²) in [7, 11) is 0. The molecule has 0 saturated heterocycles. The van der Waals surface area contributed by atoms with Gasteiger partial charge >= 0.3 is 5.97 Å². The highest BCUT2D eigenvalue weighted by Crippen LogP contribution is 2.38. The predicted octanol–water partition coefficient (Wildman–Crippen LogP) is 4.11. The molecule has 1 aliphatic carbocycles. The van der Waals surface area contributed by atoms with E-state index in [0.29, 0.717) is 23.4 Å². The molecule has 0 spiro atoms. The third-order valence-electron chi connectivity index (χ3n) is 4.53. The number of rotatable bonds is 7. The maximum Gasteiger partial charge on any atom is 0.344 e. The number of nitrogens with two attached hydrogens (primary N) is 1. The van der Waals surface area contributed by atoms with Crippen LogP contribution in [0.4, 0.5) is 11.9 Å². The minimum atomic E-state index is -0.493. The molecule has 0 unspecified atom stereocenters. The zero-order valence-electron chi connectivity index (χ0n) is 16.1. The summed E-state index contributed by atoms with van der Waals surface area (Å²) in [4.78, 5) is 24.3. The van der Waals surface area contributed by atoms with E-state index in [1.807, 2.05) is 0 Å². The van der Waals surface area contributed by atoms with Crippen molar-refractivity contribution in [3.63, 3.8) is 0 Å². The molecule has 0 aliphatic heterocycles. The first-order valence-electron chi connectivity index (χ1n) is 9.52. The molecule has 0 radical (unpaired) electrons. The van der Waals surface area contributed by atoms with E-state index in [2.05, 4.69) is 20.3 Å². The van der Waals surface area contributed by atoms with E-state index >= 15 is 0 Å². The van der Waals surface area contributed by atoms with Gasteiger partial charge in [0.2, 0.25) is 11.9 Å². The molecule has 8 nitrogen and oxygen atoms in total. The minimum Gasteiger partial charge on any atom is -0.480 e. The van der Waals surface area contributed by atoms with Crippen molar-refractivity contribution in [2.75, 3.05) is 24.3 Å². The summed E-state index contributed by atoms with van der Waals surface area (Å²) < 4.78 is 10.2. The van der Waals surface area contributed by atoms with E-state index in [1.165, 1.54) is 19.3 Å².